The van der Waals surface area contributed by atoms with Crippen molar-refractivity contribution in [2.75, 3.05) is 28.4 Å². The highest BCUT2D eigenvalue weighted by atomic mass is 79.9. The number of hydrogen-bond acceptors (Lipinski definition) is 7. The number of benzene rings is 2. The normalized spacial score (nSPS) is 11.4. The number of nitrogens with two attached hydrogens (primary N) is 1. The number of nitrogens with zero attached hydrogens (tertiary/aromatic N) is 3. The zero-order valence-corrected chi connectivity index (χ0v) is 21.2. The van der Waals surface area contributed by atoms with Crippen molar-refractivity contribution >= 4 is 62.7 Å². The molecule has 0 aliphatic heterocycles. The number of nitrogens with one attached hydrogen (secondary N) is 1. The molecule has 3 N–H and O–H groups in total. The van der Waals surface area contributed by atoms with Crippen LogP contribution in [0.1, 0.15) is 11.1 Å². The van der Waals surface area contributed by atoms with Crippen molar-refractivity contribution in [3.63, 3.8) is 0 Å². The molecule has 0 aliphatic rings. The van der Waals surface area contributed by atoms with Crippen LogP contribution in [0.2, 0.25) is 0 Å². The second kappa shape index (κ2) is 13.0. The van der Waals surface area contributed by atoms with Gasteiger partial charge in [-0.25, -0.2) is 5.43 Å². The maximum absolute atomic E-state index is 5.77. The summed E-state index contributed by atoms with van der Waals surface area (Å²) in [4.78, 5) is 0. The van der Waals surface area contributed by atoms with E-state index in [-0.39, 0.29) is 18.4 Å². The van der Waals surface area contributed by atoms with Crippen LogP contribution in [-0.2, 0) is 0 Å². The molecule has 0 fully saturated rings. The van der Waals surface area contributed by atoms with Gasteiger partial charge in [0.05, 0.1) is 49.8 Å². The number of hydrogen-bond donors (Lipinski definition) is 2. The summed E-state index contributed by atoms with van der Waals surface area (Å²) in [6.07, 6.45) is 3.08. The second-order valence-corrected chi connectivity index (χ2v) is 7.28. The summed E-state index contributed by atoms with van der Waals surface area (Å²) in [6.45, 7) is 0. The zero-order chi connectivity index (χ0) is 22.1. The number of hydrazone groups is 1. The minimum absolute atomic E-state index is 0. The van der Waals surface area contributed by atoms with Crippen LogP contribution in [0, 0.1) is 0 Å². The second-order valence-electron chi connectivity index (χ2n) is 5.58. The largest absolute Gasteiger partial charge is 0.493 e. The number of ether oxygens (including phenoxy) is 4. The molecule has 0 saturated heterocycles. The van der Waals surface area contributed by atoms with Gasteiger partial charge in [0.1, 0.15) is 0 Å². The zero-order valence-electron chi connectivity index (χ0n) is 17.2. The van der Waals surface area contributed by atoms with Crippen molar-refractivity contribution in [1.29, 1.82) is 0 Å². The summed E-state index contributed by atoms with van der Waals surface area (Å²) in [7, 11) is 6.24. The molecule has 2 rings (SSSR count). The SMILES string of the molecule is COc1cc(/C=N/N=C(\N)N/N=C/c2cc(Br)c(OC)c(OC)c2)cc(Br)c1OC.Cl. The molecule has 31 heavy (non-hydrogen) atoms. The van der Waals surface area contributed by atoms with Crippen molar-refractivity contribution < 1.29 is 18.9 Å². The molecule has 0 aromatic heterocycles. The van der Waals surface area contributed by atoms with E-state index in [0.29, 0.717) is 23.0 Å². The van der Waals surface area contributed by atoms with Crippen molar-refractivity contribution in [2.45, 2.75) is 0 Å². The molecule has 0 spiro atoms. The van der Waals surface area contributed by atoms with E-state index < -0.39 is 0 Å². The molecule has 168 valence electrons. The van der Waals surface area contributed by atoms with Crippen molar-refractivity contribution in [3.8, 4) is 23.0 Å². The Hall–Kier alpha value is -2.50. The van der Waals surface area contributed by atoms with Crippen LogP contribution >= 0.6 is 44.3 Å². The van der Waals surface area contributed by atoms with E-state index in [1.54, 1.807) is 46.8 Å². The third kappa shape index (κ3) is 7.30. The molecule has 0 atom stereocenters. The average Bonchev–Trinajstić information content (AvgIpc) is 2.72. The molecule has 2 aromatic carbocycles. The average molecular weight is 580 g/mol. The fourth-order valence-electron chi connectivity index (χ4n) is 2.38. The Labute approximate surface area is 203 Å². The summed E-state index contributed by atoms with van der Waals surface area (Å²) >= 11 is 6.85. The molecule has 0 bridgehead atoms. The van der Waals surface area contributed by atoms with Gasteiger partial charge >= 0.3 is 0 Å². The molecule has 12 heteroatoms. The summed E-state index contributed by atoms with van der Waals surface area (Å²) in [5.74, 6) is 2.34. The molecule has 2 aromatic rings. The van der Waals surface area contributed by atoms with E-state index in [9.17, 15) is 0 Å². The van der Waals surface area contributed by atoms with Crippen molar-refractivity contribution in [2.24, 2.45) is 21.0 Å². The van der Waals surface area contributed by atoms with E-state index >= 15 is 0 Å². The maximum atomic E-state index is 5.77. The smallest absolute Gasteiger partial charge is 0.234 e. The first-order chi connectivity index (χ1) is 14.4. The van der Waals surface area contributed by atoms with Gasteiger partial charge in [-0.2, -0.15) is 10.2 Å². The number of rotatable bonds is 8. The Kier molecular flexibility index (Phi) is 11.2. The minimum Gasteiger partial charge on any atom is -0.493 e. The molecule has 0 amide bonds. The molecule has 9 nitrogen and oxygen atoms in total. The molecule has 0 heterocycles. The monoisotopic (exact) mass is 577 g/mol. The predicted octanol–water partition coefficient (Wildman–Crippen LogP) is 3.94. The van der Waals surface area contributed by atoms with Crippen LogP contribution in [0.15, 0.2) is 48.5 Å². The highest BCUT2D eigenvalue weighted by molar-refractivity contribution is 9.11. The lowest BCUT2D eigenvalue weighted by Gasteiger charge is -2.10. The van der Waals surface area contributed by atoms with Gasteiger partial charge in [0, 0.05) is 0 Å². The van der Waals surface area contributed by atoms with Crippen molar-refractivity contribution in [1.82, 2.24) is 5.43 Å². The lowest BCUT2D eigenvalue weighted by molar-refractivity contribution is 0.353. The van der Waals surface area contributed by atoms with E-state index in [2.05, 4.69) is 52.6 Å². The number of guanidine groups is 1. The lowest BCUT2D eigenvalue weighted by atomic mass is 10.2. The van der Waals surface area contributed by atoms with Gasteiger partial charge in [0.15, 0.2) is 23.0 Å². The Morgan fingerprint density at radius 3 is 1.77 bits per heavy atom. The first-order valence-electron chi connectivity index (χ1n) is 8.42. The van der Waals surface area contributed by atoms with Gasteiger partial charge < -0.3 is 24.7 Å². The fraction of sp³-hybridized carbons (Fsp3) is 0.211. The molecule has 0 unspecified atom stereocenters. The third-order valence-electron chi connectivity index (χ3n) is 3.68. The molecular weight excluding hydrogens is 558 g/mol. The fourth-order valence-corrected chi connectivity index (χ4v) is 3.62. The molecular formula is C19H22Br2ClN5O4. The van der Waals surface area contributed by atoms with Gasteiger partial charge in [-0.3, -0.25) is 0 Å². The molecule has 0 aliphatic carbocycles. The first kappa shape index (κ1) is 26.5. The topological polar surface area (TPSA) is 112 Å². The highest BCUT2D eigenvalue weighted by Gasteiger charge is 2.10. The Morgan fingerprint density at radius 2 is 1.32 bits per heavy atom. The van der Waals surface area contributed by atoms with Gasteiger partial charge in [-0.05, 0) is 67.3 Å². The Morgan fingerprint density at radius 1 is 0.839 bits per heavy atom. The summed E-state index contributed by atoms with van der Waals surface area (Å²) in [5.41, 5.74) is 9.87. The maximum Gasteiger partial charge on any atom is 0.234 e. The molecule has 0 radical (unpaired) electrons. The lowest BCUT2D eigenvalue weighted by Crippen LogP contribution is -2.26. The summed E-state index contributed by atoms with van der Waals surface area (Å²) < 4.78 is 22.6. The van der Waals surface area contributed by atoms with Gasteiger partial charge in [0.25, 0.3) is 0 Å². The van der Waals surface area contributed by atoms with Crippen LogP contribution in [0.25, 0.3) is 0 Å². The van der Waals surface area contributed by atoms with Crippen molar-refractivity contribution in [3.05, 3.63) is 44.3 Å². The van der Waals surface area contributed by atoms with Gasteiger partial charge in [-0.15, -0.1) is 17.5 Å². The first-order valence-corrected chi connectivity index (χ1v) is 10.0. The Balaban J connectivity index is 0.00000480. The number of halogens is 3. The van der Waals surface area contributed by atoms with Gasteiger partial charge in [0.2, 0.25) is 5.96 Å². The molecule has 0 saturated carbocycles. The van der Waals surface area contributed by atoms with E-state index in [4.69, 9.17) is 24.7 Å². The van der Waals surface area contributed by atoms with Crippen LogP contribution in [-0.4, -0.2) is 46.8 Å². The standard InChI is InChI=1S/C19H21Br2N5O4.ClH/c1-27-15-7-11(5-13(20)17(15)29-3)9-23-25-19(22)26-24-10-12-6-14(21)18(30-4)16(8-12)28-2;/h5-10H,1-4H3,(H3,22,25,26);1H/b23-9+,24-10+;. The highest BCUT2D eigenvalue weighted by Crippen LogP contribution is 2.36. The predicted molar refractivity (Wildman–Crippen MR) is 132 cm³/mol. The van der Waals surface area contributed by atoms with E-state index in [1.165, 1.54) is 6.21 Å². The summed E-state index contributed by atoms with van der Waals surface area (Å²) in [6, 6.07) is 7.18. The van der Waals surface area contributed by atoms with Crippen LogP contribution in [0.5, 0.6) is 23.0 Å². The van der Waals surface area contributed by atoms with E-state index in [0.717, 1.165) is 20.1 Å². The third-order valence-corrected chi connectivity index (χ3v) is 4.85. The van der Waals surface area contributed by atoms with Crippen LogP contribution < -0.4 is 30.1 Å². The quantitative estimate of drug-likeness (QED) is 0.278. The minimum atomic E-state index is 0. The van der Waals surface area contributed by atoms with E-state index in [1.807, 2.05) is 12.1 Å². The van der Waals surface area contributed by atoms with Crippen LogP contribution in [0.3, 0.4) is 0 Å². The Bertz CT molecular complexity index is 986. The van der Waals surface area contributed by atoms with Gasteiger partial charge in [-0.1, -0.05) is 0 Å². The van der Waals surface area contributed by atoms with Crippen LogP contribution in [0.4, 0.5) is 0 Å². The summed E-state index contributed by atoms with van der Waals surface area (Å²) in [5, 5.41) is 11.8. The number of methoxy groups -OCH3 is 4.